The topological polar surface area (TPSA) is 79.7 Å². The third kappa shape index (κ3) is 2.90. The zero-order valence-electron chi connectivity index (χ0n) is 15.6. The van der Waals surface area contributed by atoms with Crippen molar-refractivity contribution >= 4 is 10.9 Å². The highest BCUT2D eigenvalue weighted by Gasteiger charge is 2.23. The second-order valence-electron chi connectivity index (χ2n) is 7.12. The molecule has 0 spiro atoms. The van der Waals surface area contributed by atoms with E-state index in [1.54, 1.807) is 12.4 Å². The smallest absolute Gasteiger partial charge is 0.255 e. The Hall–Kier alpha value is -3.32. The number of rotatable bonds is 3. The minimum atomic E-state index is -0.0626. The predicted octanol–water partition coefficient (Wildman–Crippen LogP) is 2.28. The zero-order chi connectivity index (χ0) is 19.1. The molecule has 0 fully saturated rings. The van der Waals surface area contributed by atoms with Gasteiger partial charge < -0.3 is 4.98 Å². The third-order valence-corrected chi connectivity index (χ3v) is 5.31. The van der Waals surface area contributed by atoms with Gasteiger partial charge in [-0.05, 0) is 18.2 Å². The number of fused-ring (bicyclic) bond motifs is 2. The molecular formula is C21H20N6O. The first-order valence-corrected chi connectivity index (χ1v) is 9.34. The molecule has 7 nitrogen and oxygen atoms in total. The van der Waals surface area contributed by atoms with Crippen LogP contribution in [0.3, 0.4) is 0 Å². The van der Waals surface area contributed by atoms with Crippen molar-refractivity contribution in [2.75, 3.05) is 6.54 Å². The minimum Gasteiger partial charge on any atom is -0.306 e. The van der Waals surface area contributed by atoms with Crippen LogP contribution in [0, 0.1) is 0 Å². The molecule has 7 heteroatoms. The first kappa shape index (κ1) is 16.8. The molecule has 0 saturated carbocycles. The highest BCUT2D eigenvalue weighted by Crippen LogP contribution is 2.22. The molecule has 1 N–H and O–H groups in total. The van der Waals surface area contributed by atoms with Gasteiger partial charge in [0.05, 0.1) is 22.5 Å². The fourth-order valence-electron chi connectivity index (χ4n) is 3.88. The second kappa shape index (κ2) is 6.69. The Morgan fingerprint density at radius 3 is 2.82 bits per heavy atom. The summed E-state index contributed by atoms with van der Waals surface area (Å²) in [6.45, 7) is 2.15. The number of aromatic amines is 1. The Morgan fingerprint density at radius 1 is 1.14 bits per heavy atom. The van der Waals surface area contributed by atoms with Gasteiger partial charge in [0.15, 0.2) is 0 Å². The lowest BCUT2D eigenvalue weighted by Gasteiger charge is -2.27. The highest BCUT2D eigenvalue weighted by molar-refractivity contribution is 5.81. The number of nitrogens with zero attached hydrogens (tertiary/aromatic N) is 5. The van der Waals surface area contributed by atoms with E-state index >= 15 is 0 Å². The summed E-state index contributed by atoms with van der Waals surface area (Å²) in [7, 11) is 1.96. The van der Waals surface area contributed by atoms with Gasteiger partial charge >= 0.3 is 0 Å². The zero-order valence-corrected chi connectivity index (χ0v) is 15.6. The van der Waals surface area contributed by atoms with E-state index in [0.717, 1.165) is 46.4 Å². The average molecular weight is 372 g/mol. The highest BCUT2D eigenvalue weighted by atomic mass is 16.1. The van der Waals surface area contributed by atoms with Gasteiger partial charge in [0.1, 0.15) is 5.82 Å². The molecule has 4 aromatic rings. The van der Waals surface area contributed by atoms with E-state index in [0.29, 0.717) is 18.9 Å². The van der Waals surface area contributed by atoms with Crippen LogP contribution in [0.25, 0.3) is 22.3 Å². The lowest BCUT2D eigenvalue weighted by atomic mass is 10.1. The lowest BCUT2D eigenvalue weighted by molar-refractivity contribution is 0.239. The van der Waals surface area contributed by atoms with E-state index < -0.39 is 0 Å². The molecule has 1 aromatic carbocycles. The quantitative estimate of drug-likeness (QED) is 0.597. The van der Waals surface area contributed by atoms with E-state index in [4.69, 9.17) is 4.98 Å². The van der Waals surface area contributed by atoms with Crippen molar-refractivity contribution in [1.29, 1.82) is 0 Å². The van der Waals surface area contributed by atoms with E-state index in [1.807, 2.05) is 36.0 Å². The molecule has 0 amide bonds. The molecule has 0 aliphatic carbocycles. The van der Waals surface area contributed by atoms with Crippen LogP contribution in [0.5, 0.6) is 0 Å². The average Bonchev–Trinajstić information content (AvgIpc) is 3.05. The molecule has 3 aromatic heterocycles. The first-order chi connectivity index (χ1) is 13.7. The molecule has 1 aliphatic heterocycles. The van der Waals surface area contributed by atoms with Gasteiger partial charge in [-0.3, -0.25) is 19.4 Å². The van der Waals surface area contributed by atoms with Crippen molar-refractivity contribution in [1.82, 2.24) is 29.6 Å². The molecule has 5 rings (SSSR count). The first-order valence-electron chi connectivity index (χ1n) is 9.34. The molecule has 0 radical (unpaired) electrons. The van der Waals surface area contributed by atoms with Crippen molar-refractivity contribution in [3.63, 3.8) is 0 Å². The molecule has 1 aliphatic rings. The van der Waals surface area contributed by atoms with Crippen molar-refractivity contribution in [3.8, 4) is 11.4 Å². The number of hydrogen-bond acceptors (Lipinski definition) is 5. The van der Waals surface area contributed by atoms with Crippen molar-refractivity contribution in [3.05, 3.63) is 76.1 Å². The SMILES string of the molecule is Cn1nc(CN2CCc3nc(-c4ccncc4)[nH]c(=O)c3C2)c2ccccc21. The Balaban J connectivity index is 1.43. The maximum Gasteiger partial charge on any atom is 0.255 e. The summed E-state index contributed by atoms with van der Waals surface area (Å²) in [5.41, 5.74) is 4.61. The Morgan fingerprint density at radius 2 is 1.96 bits per heavy atom. The Bertz CT molecular complexity index is 1210. The number of nitrogens with one attached hydrogen (secondary N) is 1. The number of benzene rings is 1. The number of H-pyrrole nitrogens is 1. The number of pyridine rings is 1. The summed E-state index contributed by atoms with van der Waals surface area (Å²) in [4.78, 5) is 26.6. The van der Waals surface area contributed by atoms with Gasteiger partial charge in [-0.2, -0.15) is 5.10 Å². The number of hydrogen-bond donors (Lipinski definition) is 1. The van der Waals surface area contributed by atoms with Crippen molar-refractivity contribution < 1.29 is 0 Å². The van der Waals surface area contributed by atoms with Crippen LogP contribution in [-0.2, 0) is 26.6 Å². The summed E-state index contributed by atoms with van der Waals surface area (Å²) < 4.78 is 1.91. The van der Waals surface area contributed by atoms with E-state index in [-0.39, 0.29) is 5.56 Å². The second-order valence-corrected chi connectivity index (χ2v) is 7.12. The fraction of sp³-hybridized carbons (Fsp3) is 0.238. The molecule has 0 unspecified atom stereocenters. The summed E-state index contributed by atoms with van der Waals surface area (Å²) >= 11 is 0. The van der Waals surface area contributed by atoms with Gasteiger partial charge in [0, 0.05) is 56.4 Å². The Labute approximate surface area is 161 Å². The molecule has 4 heterocycles. The van der Waals surface area contributed by atoms with Gasteiger partial charge in [0.25, 0.3) is 5.56 Å². The van der Waals surface area contributed by atoms with Gasteiger partial charge in [-0.1, -0.05) is 18.2 Å². The largest absolute Gasteiger partial charge is 0.306 e. The molecule has 0 saturated heterocycles. The van der Waals surface area contributed by atoms with Crippen LogP contribution in [-0.4, -0.2) is 36.2 Å². The minimum absolute atomic E-state index is 0.0626. The molecule has 0 atom stereocenters. The maximum atomic E-state index is 12.7. The van der Waals surface area contributed by atoms with Crippen LogP contribution in [0.4, 0.5) is 0 Å². The molecule has 0 bridgehead atoms. The summed E-state index contributed by atoms with van der Waals surface area (Å²) in [6, 6.07) is 11.9. The summed E-state index contributed by atoms with van der Waals surface area (Å²) in [5, 5.41) is 5.85. The monoisotopic (exact) mass is 372 g/mol. The van der Waals surface area contributed by atoms with Crippen molar-refractivity contribution in [2.24, 2.45) is 7.05 Å². The molecular weight excluding hydrogens is 352 g/mol. The van der Waals surface area contributed by atoms with Crippen LogP contribution >= 0.6 is 0 Å². The number of para-hydroxylation sites is 1. The lowest BCUT2D eigenvalue weighted by Crippen LogP contribution is -2.35. The van der Waals surface area contributed by atoms with Crippen LogP contribution < -0.4 is 5.56 Å². The van der Waals surface area contributed by atoms with E-state index in [1.165, 1.54) is 0 Å². The number of aromatic nitrogens is 5. The third-order valence-electron chi connectivity index (χ3n) is 5.31. The molecule has 28 heavy (non-hydrogen) atoms. The van der Waals surface area contributed by atoms with Crippen LogP contribution in [0.2, 0.25) is 0 Å². The normalized spacial score (nSPS) is 14.3. The van der Waals surface area contributed by atoms with Crippen LogP contribution in [0.15, 0.2) is 53.6 Å². The van der Waals surface area contributed by atoms with E-state index in [9.17, 15) is 4.79 Å². The standard InChI is InChI=1S/C21H20N6O/c1-26-19-5-3-2-4-15(19)18(25-26)13-27-11-8-17-16(12-27)21(28)24-20(23-17)14-6-9-22-10-7-14/h2-7,9-10H,8,11-13H2,1H3,(H,23,24,28). The summed E-state index contributed by atoms with van der Waals surface area (Å²) in [6.07, 6.45) is 4.16. The predicted molar refractivity (Wildman–Crippen MR) is 107 cm³/mol. The fourth-order valence-corrected chi connectivity index (χ4v) is 3.88. The van der Waals surface area contributed by atoms with E-state index in [2.05, 4.69) is 32.1 Å². The maximum absolute atomic E-state index is 12.7. The Kier molecular flexibility index (Phi) is 4.02. The van der Waals surface area contributed by atoms with Crippen molar-refractivity contribution in [2.45, 2.75) is 19.5 Å². The van der Waals surface area contributed by atoms with Gasteiger partial charge in [-0.15, -0.1) is 0 Å². The summed E-state index contributed by atoms with van der Waals surface area (Å²) in [5.74, 6) is 0.607. The number of aryl methyl sites for hydroxylation is 1. The van der Waals surface area contributed by atoms with Crippen LogP contribution in [0.1, 0.15) is 17.0 Å². The van der Waals surface area contributed by atoms with Gasteiger partial charge in [0.2, 0.25) is 0 Å². The molecule has 140 valence electrons. The van der Waals surface area contributed by atoms with Gasteiger partial charge in [-0.25, -0.2) is 4.98 Å².